The molecule has 3 heterocycles. The number of hydrogen-bond donors (Lipinski definition) is 2. The van der Waals surface area contributed by atoms with Crippen LogP contribution in [-0.4, -0.2) is 30.3 Å². The number of aromatic amines is 1. The third kappa shape index (κ3) is 2.05. The Morgan fingerprint density at radius 1 is 1.21 bits per heavy atom. The molecule has 1 amide bonds. The predicted octanol–water partition coefficient (Wildman–Crippen LogP) is 2.52. The van der Waals surface area contributed by atoms with Gasteiger partial charge >= 0.3 is 0 Å². The number of H-pyrrole nitrogens is 1. The van der Waals surface area contributed by atoms with E-state index >= 15 is 0 Å². The monoisotopic (exact) mass is 325 g/mol. The lowest BCUT2D eigenvalue weighted by molar-refractivity contribution is 0.0955. The van der Waals surface area contributed by atoms with Crippen molar-refractivity contribution in [2.75, 3.05) is 14.2 Å². The maximum absolute atomic E-state index is 12.3. The summed E-state index contributed by atoms with van der Waals surface area (Å²) in [7, 11) is 3.18. The van der Waals surface area contributed by atoms with Gasteiger partial charge in [0.05, 0.1) is 26.5 Å². The van der Waals surface area contributed by atoms with Crippen LogP contribution in [0.25, 0.3) is 11.5 Å². The SMILES string of the molecule is COc1ccc(OC)c(C2NC(=O)c3n[nH]c(-c4ccco4)c32)c1. The summed E-state index contributed by atoms with van der Waals surface area (Å²) in [6.07, 6.45) is 1.58. The van der Waals surface area contributed by atoms with E-state index in [1.807, 2.05) is 24.3 Å². The van der Waals surface area contributed by atoms with E-state index in [2.05, 4.69) is 15.5 Å². The van der Waals surface area contributed by atoms with E-state index in [-0.39, 0.29) is 5.91 Å². The van der Waals surface area contributed by atoms with E-state index in [0.29, 0.717) is 28.6 Å². The number of carbonyl (C=O) groups is 1. The number of amides is 1. The zero-order valence-corrected chi connectivity index (χ0v) is 13.1. The number of ether oxygens (including phenoxy) is 2. The average molecular weight is 325 g/mol. The van der Waals surface area contributed by atoms with Crippen LogP contribution in [0.5, 0.6) is 11.5 Å². The first kappa shape index (κ1) is 14.4. The molecule has 0 saturated heterocycles. The number of fused-ring (bicyclic) bond motifs is 1. The number of nitrogens with zero attached hydrogens (tertiary/aromatic N) is 1. The minimum Gasteiger partial charge on any atom is -0.497 e. The van der Waals surface area contributed by atoms with Gasteiger partial charge < -0.3 is 19.2 Å². The molecule has 7 nitrogen and oxygen atoms in total. The molecule has 24 heavy (non-hydrogen) atoms. The van der Waals surface area contributed by atoms with Crippen LogP contribution in [0.4, 0.5) is 0 Å². The first-order valence-corrected chi connectivity index (χ1v) is 7.38. The first-order valence-electron chi connectivity index (χ1n) is 7.38. The summed E-state index contributed by atoms with van der Waals surface area (Å²) in [6.45, 7) is 0. The third-order valence-electron chi connectivity index (χ3n) is 4.10. The zero-order chi connectivity index (χ0) is 16.7. The molecule has 4 rings (SSSR count). The van der Waals surface area contributed by atoms with Crippen molar-refractivity contribution in [3.05, 3.63) is 53.4 Å². The zero-order valence-electron chi connectivity index (χ0n) is 13.1. The Morgan fingerprint density at radius 3 is 2.79 bits per heavy atom. The lowest BCUT2D eigenvalue weighted by atomic mass is 9.97. The smallest absolute Gasteiger partial charge is 0.272 e. The van der Waals surface area contributed by atoms with Gasteiger partial charge in [-0.15, -0.1) is 0 Å². The van der Waals surface area contributed by atoms with Crippen LogP contribution in [0.1, 0.15) is 27.7 Å². The van der Waals surface area contributed by atoms with Crippen molar-refractivity contribution < 1.29 is 18.7 Å². The van der Waals surface area contributed by atoms with Gasteiger partial charge in [0.15, 0.2) is 11.5 Å². The highest BCUT2D eigenvalue weighted by Crippen LogP contribution is 2.41. The summed E-state index contributed by atoms with van der Waals surface area (Å²) in [4.78, 5) is 12.3. The fourth-order valence-corrected chi connectivity index (χ4v) is 2.98. The molecular formula is C17H15N3O4. The number of hydrogen-bond acceptors (Lipinski definition) is 5. The lowest BCUT2D eigenvalue weighted by Crippen LogP contribution is -2.21. The van der Waals surface area contributed by atoms with Gasteiger partial charge in [-0.05, 0) is 30.3 Å². The molecule has 1 aliphatic rings. The summed E-state index contributed by atoms with van der Waals surface area (Å²) in [5, 5.41) is 9.98. The van der Waals surface area contributed by atoms with Crippen molar-refractivity contribution in [1.29, 1.82) is 0 Å². The van der Waals surface area contributed by atoms with Crippen LogP contribution in [0.3, 0.4) is 0 Å². The van der Waals surface area contributed by atoms with Crippen molar-refractivity contribution in [1.82, 2.24) is 15.5 Å². The molecule has 1 aromatic carbocycles. The molecule has 0 fully saturated rings. The summed E-state index contributed by atoms with van der Waals surface area (Å²) in [6, 6.07) is 8.66. The summed E-state index contributed by atoms with van der Waals surface area (Å²) < 4.78 is 16.2. The molecule has 1 unspecified atom stereocenters. The van der Waals surface area contributed by atoms with Gasteiger partial charge in [0, 0.05) is 11.1 Å². The number of furan rings is 1. The number of methoxy groups -OCH3 is 2. The molecule has 1 atom stereocenters. The molecule has 0 saturated carbocycles. The molecule has 1 aliphatic heterocycles. The van der Waals surface area contributed by atoms with Gasteiger partial charge in [-0.3, -0.25) is 9.89 Å². The Balaban J connectivity index is 1.89. The maximum atomic E-state index is 12.3. The van der Waals surface area contributed by atoms with Gasteiger partial charge in [0.1, 0.15) is 17.2 Å². The van der Waals surface area contributed by atoms with E-state index in [1.54, 1.807) is 26.5 Å². The fourth-order valence-electron chi connectivity index (χ4n) is 2.98. The predicted molar refractivity (Wildman–Crippen MR) is 85.1 cm³/mol. The van der Waals surface area contributed by atoms with E-state index in [0.717, 1.165) is 11.1 Å². The Hall–Kier alpha value is -3.22. The molecule has 0 spiro atoms. The van der Waals surface area contributed by atoms with Crippen molar-refractivity contribution >= 4 is 5.91 Å². The van der Waals surface area contributed by atoms with Crippen molar-refractivity contribution in [2.45, 2.75) is 6.04 Å². The number of benzene rings is 1. The highest BCUT2D eigenvalue weighted by Gasteiger charge is 2.37. The molecule has 0 radical (unpaired) electrons. The standard InChI is InChI=1S/C17H15N3O4/c1-22-9-5-6-11(23-2)10(8-9)14-13-15(12-4-3-7-24-12)19-20-16(13)17(21)18-14/h3-8,14H,1-2H3,(H,18,21)(H,19,20). The third-order valence-corrected chi connectivity index (χ3v) is 4.10. The lowest BCUT2D eigenvalue weighted by Gasteiger charge is -2.17. The van der Waals surface area contributed by atoms with E-state index in [9.17, 15) is 4.79 Å². The van der Waals surface area contributed by atoms with Crippen molar-refractivity contribution in [3.63, 3.8) is 0 Å². The summed E-state index contributed by atoms with van der Waals surface area (Å²) in [5.74, 6) is 1.71. The van der Waals surface area contributed by atoms with Gasteiger partial charge in [-0.2, -0.15) is 5.10 Å². The number of carbonyl (C=O) groups excluding carboxylic acids is 1. The van der Waals surface area contributed by atoms with Crippen LogP contribution in [0.15, 0.2) is 41.0 Å². The Kier molecular flexibility index (Phi) is 3.26. The minimum atomic E-state index is -0.406. The summed E-state index contributed by atoms with van der Waals surface area (Å²) >= 11 is 0. The highest BCUT2D eigenvalue weighted by molar-refractivity contribution is 6.00. The Labute approximate surface area is 137 Å². The topological polar surface area (TPSA) is 89.4 Å². The molecule has 3 aromatic rings. The van der Waals surface area contributed by atoms with Crippen LogP contribution in [-0.2, 0) is 0 Å². The van der Waals surface area contributed by atoms with Gasteiger partial charge in [-0.25, -0.2) is 0 Å². The van der Waals surface area contributed by atoms with E-state index in [1.165, 1.54) is 0 Å². The van der Waals surface area contributed by atoms with Crippen molar-refractivity contribution in [2.24, 2.45) is 0 Å². The van der Waals surface area contributed by atoms with Crippen LogP contribution < -0.4 is 14.8 Å². The molecule has 2 N–H and O–H groups in total. The second kappa shape index (κ2) is 5.45. The Bertz CT molecular complexity index is 899. The molecule has 0 aliphatic carbocycles. The fraction of sp³-hybridized carbons (Fsp3) is 0.176. The molecule has 122 valence electrons. The van der Waals surface area contributed by atoms with Crippen molar-refractivity contribution in [3.8, 4) is 23.0 Å². The largest absolute Gasteiger partial charge is 0.497 e. The second-order valence-corrected chi connectivity index (χ2v) is 5.35. The van der Waals surface area contributed by atoms with Crippen LogP contribution in [0, 0.1) is 0 Å². The van der Waals surface area contributed by atoms with Crippen LogP contribution in [0.2, 0.25) is 0 Å². The molecular weight excluding hydrogens is 310 g/mol. The molecule has 2 aromatic heterocycles. The second-order valence-electron chi connectivity index (χ2n) is 5.35. The number of nitrogens with one attached hydrogen (secondary N) is 2. The highest BCUT2D eigenvalue weighted by atomic mass is 16.5. The summed E-state index contributed by atoms with van der Waals surface area (Å²) in [5.41, 5.74) is 2.55. The van der Waals surface area contributed by atoms with Gasteiger partial charge in [-0.1, -0.05) is 0 Å². The average Bonchev–Trinajstić information content (AvgIpc) is 3.32. The van der Waals surface area contributed by atoms with Crippen LogP contribution >= 0.6 is 0 Å². The van der Waals surface area contributed by atoms with Gasteiger partial charge in [0.25, 0.3) is 5.91 Å². The normalized spacial score (nSPS) is 15.9. The Morgan fingerprint density at radius 2 is 2.08 bits per heavy atom. The molecule has 0 bridgehead atoms. The first-order chi connectivity index (χ1) is 11.7. The van der Waals surface area contributed by atoms with E-state index < -0.39 is 6.04 Å². The minimum absolute atomic E-state index is 0.242. The number of aromatic nitrogens is 2. The number of rotatable bonds is 4. The quantitative estimate of drug-likeness (QED) is 0.769. The maximum Gasteiger partial charge on any atom is 0.272 e. The van der Waals surface area contributed by atoms with E-state index in [4.69, 9.17) is 13.9 Å². The molecule has 7 heteroatoms. The van der Waals surface area contributed by atoms with Gasteiger partial charge in [0.2, 0.25) is 0 Å².